The molecule has 0 aliphatic rings. The molecular formula is C18H15F3N6O. The lowest BCUT2D eigenvalue weighted by Gasteiger charge is -2.19. The maximum atomic E-state index is 13.7. The number of benzene rings is 1. The Morgan fingerprint density at radius 1 is 1.21 bits per heavy atom. The summed E-state index contributed by atoms with van der Waals surface area (Å²) in [5, 5.41) is 14.0. The van der Waals surface area contributed by atoms with Crippen LogP contribution in [0.4, 0.5) is 19.0 Å². The van der Waals surface area contributed by atoms with Crippen molar-refractivity contribution in [3.8, 4) is 16.9 Å². The Morgan fingerprint density at radius 2 is 2.07 bits per heavy atom. The Morgan fingerprint density at radius 3 is 2.82 bits per heavy atom. The van der Waals surface area contributed by atoms with Crippen molar-refractivity contribution in [2.45, 2.75) is 19.6 Å². The predicted molar refractivity (Wildman–Crippen MR) is 95.6 cm³/mol. The number of anilines is 1. The highest BCUT2D eigenvalue weighted by Gasteiger charge is 2.17. The van der Waals surface area contributed by atoms with Crippen molar-refractivity contribution < 1.29 is 17.9 Å². The molecule has 0 amide bonds. The van der Waals surface area contributed by atoms with Crippen LogP contribution in [0, 0.1) is 5.82 Å². The minimum absolute atomic E-state index is 0.0964. The SMILES string of the molecule is CC(Nc1ccn2ncc(-c3cn[nH]c3)c2n1)c1cc(F)ccc1OC(F)F. The Labute approximate surface area is 157 Å². The zero-order valence-electron chi connectivity index (χ0n) is 14.6. The van der Waals surface area contributed by atoms with Gasteiger partial charge in [-0.25, -0.2) is 13.9 Å². The molecule has 1 atom stereocenters. The summed E-state index contributed by atoms with van der Waals surface area (Å²) in [6, 6.07) is 4.55. The van der Waals surface area contributed by atoms with Crippen molar-refractivity contribution in [2.75, 3.05) is 5.32 Å². The monoisotopic (exact) mass is 388 g/mol. The van der Waals surface area contributed by atoms with Crippen molar-refractivity contribution in [1.82, 2.24) is 24.8 Å². The summed E-state index contributed by atoms with van der Waals surface area (Å²) >= 11 is 0. The molecule has 0 bridgehead atoms. The second kappa shape index (κ2) is 7.22. The van der Waals surface area contributed by atoms with Crippen molar-refractivity contribution in [2.24, 2.45) is 0 Å². The molecule has 7 nitrogen and oxygen atoms in total. The van der Waals surface area contributed by atoms with Gasteiger partial charge in [0, 0.05) is 29.1 Å². The van der Waals surface area contributed by atoms with Crippen LogP contribution in [-0.2, 0) is 0 Å². The normalized spacial score (nSPS) is 12.5. The molecular weight excluding hydrogens is 373 g/mol. The highest BCUT2D eigenvalue weighted by Crippen LogP contribution is 2.30. The standard InChI is InChI=1S/C18H15F3N6O/c1-10(13-6-12(19)2-3-15(13)28-18(20)21)25-16-4-5-27-17(26-16)14(9-24-27)11-7-22-23-8-11/h2-10,18H,1H3,(H,22,23)(H,25,26). The van der Waals surface area contributed by atoms with Crippen molar-refractivity contribution in [3.63, 3.8) is 0 Å². The van der Waals surface area contributed by atoms with E-state index in [0.717, 1.165) is 23.3 Å². The maximum Gasteiger partial charge on any atom is 0.387 e. The smallest absolute Gasteiger partial charge is 0.387 e. The first-order valence-corrected chi connectivity index (χ1v) is 8.35. The van der Waals surface area contributed by atoms with Crippen LogP contribution in [0.1, 0.15) is 18.5 Å². The molecule has 0 radical (unpaired) electrons. The number of rotatable bonds is 6. The summed E-state index contributed by atoms with van der Waals surface area (Å²) in [6.07, 6.45) is 6.76. The van der Waals surface area contributed by atoms with Gasteiger partial charge < -0.3 is 10.1 Å². The third kappa shape index (κ3) is 3.48. The van der Waals surface area contributed by atoms with Crippen LogP contribution >= 0.6 is 0 Å². The Bertz CT molecular complexity index is 1100. The van der Waals surface area contributed by atoms with Gasteiger partial charge in [0.1, 0.15) is 17.4 Å². The molecule has 3 heterocycles. The highest BCUT2D eigenvalue weighted by atomic mass is 19.3. The van der Waals surface area contributed by atoms with Gasteiger partial charge in [-0.15, -0.1) is 0 Å². The van der Waals surface area contributed by atoms with E-state index in [1.165, 1.54) is 6.07 Å². The van der Waals surface area contributed by atoms with Crippen molar-refractivity contribution in [3.05, 3.63) is 60.4 Å². The number of H-pyrrole nitrogens is 1. The topological polar surface area (TPSA) is 80.1 Å². The van der Waals surface area contributed by atoms with E-state index in [9.17, 15) is 13.2 Å². The number of hydrogen-bond acceptors (Lipinski definition) is 5. The molecule has 0 spiro atoms. The summed E-state index contributed by atoms with van der Waals surface area (Å²) in [5.41, 5.74) is 2.44. The molecule has 0 aliphatic carbocycles. The summed E-state index contributed by atoms with van der Waals surface area (Å²) in [5.74, 6) is -0.176. The molecule has 0 aliphatic heterocycles. The van der Waals surface area contributed by atoms with Gasteiger partial charge in [0.25, 0.3) is 0 Å². The average molecular weight is 388 g/mol. The minimum atomic E-state index is -3.00. The first-order valence-electron chi connectivity index (χ1n) is 8.35. The van der Waals surface area contributed by atoms with E-state index in [2.05, 4.69) is 30.3 Å². The van der Waals surface area contributed by atoms with Crippen molar-refractivity contribution >= 4 is 11.5 Å². The van der Waals surface area contributed by atoms with E-state index in [-0.39, 0.29) is 11.3 Å². The van der Waals surface area contributed by atoms with E-state index in [1.807, 2.05) is 0 Å². The lowest BCUT2D eigenvalue weighted by Crippen LogP contribution is -2.12. The van der Waals surface area contributed by atoms with Gasteiger partial charge in [0.15, 0.2) is 5.65 Å². The Balaban J connectivity index is 1.65. The lowest BCUT2D eigenvalue weighted by molar-refractivity contribution is -0.0505. The van der Waals surface area contributed by atoms with E-state index in [1.54, 1.807) is 42.3 Å². The van der Waals surface area contributed by atoms with Gasteiger partial charge >= 0.3 is 6.61 Å². The summed E-state index contributed by atoms with van der Waals surface area (Å²) in [7, 11) is 0. The number of hydrogen-bond donors (Lipinski definition) is 2. The molecule has 2 N–H and O–H groups in total. The third-order valence-corrected chi connectivity index (χ3v) is 4.20. The number of nitrogens with zero attached hydrogens (tertiary/aromatic N) is 4. The van der Waals surface area contributed by atoms with Gasteiger partial charge in [-0.3, -0.25) is 5.10 Å². The molecule has 28 heavy (non-hydrogen) atoms. The van der Waals surface area contributed by atoms with Crippen LogP contribution in [0.3, 0.4) is 0 Å². The van der Waals surface area contributed by atoms with Gasteiger partial charge in [0.05, 0.1) is 18.4 Å². The molecule has 4 rings (SSSR count). The van der Waals surface area contributed by atoms with Crippen molar-refractivity contribution in [1.29, 1.82) is 0 Å². The molecule has 0 fully saturated rings. The summed E-state index contributed by atoms with van der Waals surface area (Å²) < 4.78 is 45.0. The maximum absolute atomic E-state index is 13.7. The van der Waals surface area contributed by atoms with Gasteiger partial charge in [-0.05, 0) is 31.2 Å². The summed E-state index contributed by atoms with van der Waals surface area (Å²) in [4.78, 5) is 4.53. The minimum Gasteiger partial charge on any atom is -0.434 e. The fourth-order valence-electron chi connectivity index (χ4n) is 2.91. The molecule has 1 unspecified atom stereocenters. The van der Waals surface area contributed by atoms with E-state index < -0.39 is 18.5 Å². The number of aromatic amines is 1. The number of nitrogens with one attached hydrogen (secondary N) is 2. The Kier molecular flexibility index (Phi) is 4.60. The number of aromatic nitrogens is 5. The van der Waals surface area contributed by atoms with E-state index in [4.69, 9.17) is 0 Å². The number of alkyl halides is 2. The van der Waals surface area contributed by atoms with Crippen LogP contribution in [0.25, 0.3) is 16.8 Å². The van der Waals surface area contributed by atoms with Crippen LogP contribution in [0.2, 0.25) is 0 Å². The quantitative estimate of drug-likeness (QED) is 0.521. The van der Waals surface area contributed by atoms with Crippen LogP contribution in [0.5, 0.6) is 5.75 Å². The van der Waals surface area contributed by atoms with Crippen LogP contribution in [-0.4, -0.2) is 31.4 Å². The van der Waals surface area contributed by atoms with Gasteiger partial charge in [0.2, 0.25) is 0 Å². The molecule has 10 heteroatoms. The molecule has 0 saturated heterocycles. The van der Waals surface area contributed by atoms with E-state index >= 15 is 0 Å². The fraction of sp³-hybridized carbons (Fsp3) is 0.167. The van der Waals surface area contributed by atoms with Crippen LogP contribution in [0.15, 0.2) is 49.1 Å². The molecule has 0 saturated carbocycles. The number of fused-ring (bicyclic) bond motifs is 1. The molecule has 1 aromatic carbocycles. The largest absolute Gasteiger partial charge is 0.434 e. The lowest BCUT2D eigenvalue weighted by atomic mass is 10.1. The number of halogens is 3. The van der Waals surface area contributed by atoms with Crippen LogP contribution < -0.4 is 10.1 Å². The molecule has 3 aromatic heterocycles. The Hall–Kier alpha value is -3.56. The highest BCUT2D eigenvalue weighted by molar-refractivity contribution is 5.76. The second-order valence-corrected chi connectivity index (χ2v) is 6.05. The third-order valence-electron chi connectivity index (χ3n) is 4.20. The first kappa shape index (κ1) is 17.8. The van der Waals surface area contributed by atoms with Gasteiger partial charge in [-0.1, -0.05) is 0 Å². The fourth-order valence-corrected chi connectivity index (χ4v) is 2.91. The molecule has 144 valence electrons. The molecule has 4 aromatic rings. The van der Waals surface area contributed by atoms with Gasteiger partial charge in [-0.2, -0.15) is 19.0 Å². The number of ether oxygens (including phenoxy) is 1. The second-order valence-electron chi connectivity index (χ2n) is 6.05. The zero-order valence-corrected chi connectivity index (χ0v) is 14.6. The average Bonchev–Trinajstić information content (AvgIpc) is 3.31. The summed E-state index contributed by atoms with van der Waals surface area (Å²) in [6.45, 7) is -1.30. The zero-order chi connectivity index (χ0) is 19.7. The first-order chi connectivity index (χ1) is 13.5. The van der Waals surface area contributed by atoms with E-state index in [0.29, 0.717) is 11.5 Å². The predicted octanol–water partition coefficient (Wildman–Crippen LogP) is 4.03.